The second-order valence-electron chi connectivity index (χ2n) is 33.9. The Hall–Kier alpha value is -16.7. The van der Waals surface area contributed by atoms with Crippen molar-refractivity contribution in [1.29, 1.82) is 5.26 Å². The molecule has 0 atom stereocenters. The van der Waals surface area contributed by atoms with Crippen molar-refractivity contribution in [3.05, 3.63) is 502 Å². The number of nitrogens with zero attached hydrogens (tertiary/aromatic N) is 4. The molecule has 0 saturated carbocycles. The molecular weight excluding hydrogens is 1760 g/mol. The van der Waals surface area contributed by atoms with Gasteiger partial charge in [-0.05, 0) is 256 Å². The summed E-state index contributed by atoms with van der Waals surface area (Å²) < 4.78 is 16.0. The number of hydrogen-bond acceptors (Lipinski definition) is 12. The Morgan fingerprint density at radius 1 is 0.297 bits per heavy atom. The van der Waals surface area contributed by atoms with Gasteiger partial charge in [-0.3, -0.25) is 0 Å². The molecule has 12 heteroatoms. The summed E-state index contributed by atoms with van der Waals surface area (Å²) in [6, 6.07) is 166. The molecule has 20 aromatic carbocycles. The van der Waals surface area contributed by atoms with Crippen LogP contribution in [0.15, 0.2) is 474 Å². The van der Waals surface area contributed by atoms with Gasteiger partial charge in [0.1, 0.15) is 6.07 Å². The van der Waals surface area contributed by atoms with Crippen LogP contribution in [0.1, 0.15) is 34.7 Å². The zero-order valence-corrected chi connectivity index (χ0v) is 78.8. The lowest BCUT2D eigenvalue weighted by molar-refractivity contribution is 0.107. The molecule has 0 aliphatic heterocycles. The molecule has 0 saturated heterocycles. The summed E-state index contributed by atoms with van der Waals surface area (Å²) in [6.07, 6.45) is 6.08. The summed E-state index contributed by atoms with van der Waals surface area (Å²) in [7, 11) is 0. The van der Waals surface area contributed by atoms with Crippen molar-refractivity contribution in [1.82, 2.24) is 0 Å². The minimum atomic E-state index is 0.533. The third-order valence-corrected chi connectivity index (χ3v) is 29.9. The summed E-state index contributed by atoms with van der Waals surface area (Å²) in [5.41, 5.74) is 26.6. The van der Waals surface area contributed by atoms with Crippen LogP contribution in [0.2, 0.25) is 0 Å². The molecule has 0 radical (unpaired) electrons. The number of ether oxygens (including phenoxy) is 1. The number of fused-ring (bicyclic) bond motifs is 13. The maximum absolute atomic E-state index is 9.93. The highest BCUT2D eigenvalue weighted by Crippen LogP contribution is 2.52. The van der Waals surface area contributed by atoms with Gasteiger partial charge in [0.15, 0.2) is 0 Å². The fourth-order valence-electron chi connectivity index (χ4n) is 18.5. The summed E-state index contributed by atoms with van der Waals surface area (Å²) in [5.74, 6) is 0. The Bertz CT molecular complexity index is 8520. The van der Waals surface area contributed by atoms with Crippen LogP contribution < -0.4 is 30.7 Å². The van der Waals surface area contributed by atoms with Gasteiger partial charge in [-0.25, -0.2) is 0 Å². The van der Waals surface area contributed by atoms with E-state index in [0.29, 0.717) is 18.8 Å². The van der Waals surface area contributed by atoms with E-state index in [1.807, 2.05) is 82.6 Å². The Morgan fingerprint density at radius 2 is 0.775 bits per heavy atom. The number of rotatable bonds is 23. The van der Waals surface area contributed by atoms with Crippen LogP contribution in [-0.2, 0) is 18.0 Å². The minimum absolute atomic E-state index is 0.533. The van der Waals surface area contributed by atoms with Crippen molar-refractivity contribution >= 4 is 234 Å². The van der Waals surface area contributed by atoms with Crippen LogP contribution in [0.5, 0.6) is 0 Å². The number of benzene rings is 20. The normalized spacial score (nSPS) is 11.3. The van der Waals surface area contributed by atoms with Crippen LogP contribution in [0.25, 0.3) is 126 Å². The van der Waals surface area contributed by atoms with Crippen LogP contribution in [0.3, 0.4) is 0 Å². The lowest BCUT2D eigenvalue weighted by atomic mass is 10.0. The lowest BCUT2D eigenvalue weighted by Crippen LogP contribution is -2.10. The first kappa shape index (κ1) is 86.7. The Balaban J connectivity index is 0.000000124. The number of allylic oxidation sites excluding steroid dienone is 1. The summed E-state index contributed by atoms with van der Waals surface area (Å²) in [4.78, 5) is 6.98. The Morgan fingerprint density at radius 3 is 1.44 bits per heavy atom. The Labute approximate surface area is 818 Å². The van der Waals surface area contributed by atoms with Crippen molar-refractivity contribution in [3.63, 3.8) is 0 Å². The van der Waals surface area contributed by atoms with E-state index in [2.05, 4.69) is 481 Å². The van der Waals surface area contributed by atoms with Crippen LogP contribution in [0.4, 0.5) is 85.3 Å². The minimum Gasteiger partial charge on any atom is -0.372 e. The molecular formula is C126H91N7OS4. The summed E-state index contributed by atoms with van der Waals surface area (Å²) >= 11 is 7.24. The molecule has 0 amide bonds. The Kier molecular flexibility index (Phi) is 24.8. The first-order chi connectivity index (χ1) is 68.2. The standard InChI is InChI=1S/C55H42N2OS2.C36H26N2S.C35H23N3S/c1-3-12-38-25-29-42(30-26-38)57(43-31-27-40(28-32-43)36-58-35-39-23-21-37(4-2)22-24-39)49-18-10-16-46-52-47(17-11-20-51(52)60-54(46)49)56-48-34-33-44(41-13-6-5-7-14-41)55-53(48)45-15-8-9-19-50(45)59-55;1-4-10-28(11-5-1)37-29-19-16-26(17-20-29)27-18-22-35-33(24-27)34-25-32(21-23-36(34)39-35)38(30-12-6-2-7-13-30)31-14-8-3-9-15-31;36-23-26-16-20-32(37-27-17-15-24-9-7-8-10-25(24)21-27)34-31-19-18-30(22-33(31)39-35(26)34)38(28-11-3-1-4-12-28)29-13-5-2-6-14-29/h3-34,56H,2,35-36H2,1H3;1-25,37H;1-22,37H/b12-3+;;. The van der Waals surface area contributed by atoms with E-state index >= 15 is 0 Å². The highest BCUT2D eigenvalue weighted by Gasteiger charge is 2.25. The number of anilines is 15. The first-order valence-electron chi connectivity index (χ1n) is 46.2. The highest BCUT2D eigenvalue weighted by atomic mass is 32.1. The average molecular weight is 1850 g/mol. The maximum Gasteiger partial charge on any atom is 0.101 e. The molecule has 0 aliphatic carbocycles. The van der Waals surface area contributed by atoms with Crippen LogP contribution in [-0.4, -0.2) is 0 Å². The van der Waals surface area contributed by atoms with E-state index in [0.717, 1.165) is 122 Å². The van der Waals surface area contributed by atoms with Crippen LogP contribution in [0, 0.1) is 11.3 Å². The average Bonchev–Trinajstić information content (AvgIpc) is 1.58. The van der Waals surface area contributed by atoms with Gasteiger partial charge in [0.05, 0.1) is 33.9 Å². The van der Waals surface area contributed by atoms with E-state index < -0.39 is 0 Å². The van der Waals surface area contributed by atoms with Crippen molar-refractivity contribution in [2.75, 3.05) is 30.7 Å². The van der Waals surface area contributed by atoms with Gasteiger partial charge in [-0.15, -0.1) is 45.3 Å². The number of nitrogens with one attached hydrogen (secondary N) is 3. The largest absolute Gasteiger partial charge is 0.372 e. The molecule has 0 fully saturated rings. The summed E-state index contributed by atoms with van der Waals surface area (Å²) in [6.45, 7) is 7.01. The zero-order valence-electron chi connectivity index (χ0n) is 75.6. The summed E-state index contributed by atoms with van der Waals surface area (Å²) in [5, 5.41) is 33.2. The monoisotopic (exact) mass is 1850 g/mol. The molecule has 660 valence electrons. The van der Waals surface area contributed by atoms with Gasteiger partial charge >= 0.3 is 0 Å². The second-order valence-corrected chi connectivity index (χ2v) is 38.2. The van der Waals surface area contributed by atoms with Crippen molar-refractivity contribution < 1.29 is 4.74 Å². The fourth-order valence-corrected chi connectivity index (χ4v) is 23.3. The van der Waals surface area contributed by atoms with E-state index in [-0.39, 0.29) is 0 Å². The van der Waals surface area contributed by atoms with Crippen LogP contribution >= 0.6 is 45.3 Å². The van der Waals surface area contributed by atoms with E-state index in [1.54, 1.807) is 11.3 Å². The molecule has 8 nitrogen and oxygen atoms in total. The molecule has 0 aliphatic rings. The fraction of sp³-hybridized carbons (Fsp3) is 0.0238. The quantitative estimate of drug-likeness (QED) is 0.0585. The lowest BCUT2D eigenvalue weighted by Gasteiger charge is -2.26. The van der Waals surface area contributed by atoms with Gasteiger partial charge in [-0.2, -0.15) is 5.26 Å². The smallest absolute Gasteiger partial charge is 0.101 e. The van der Waals surface area contributed by atoms with E-state index in [4.69, 9.17) is 4.74 Å². The van der Waals surface area contributed by atoms with E-state index in [9.17, 15) is 5.26 Å². The number of hydrogen-bond donors (Lipinski definition) is 3. The molecule has 4 heterocycles. The molecule has 0 spiro atoms. The molecule has 24 aromatic rings. The molecule has 138 heavy (non-hydrogen) atoms. The van der Waals surface area contributed by atoms with E-state index in [1.165, 1.54) is 99.1 Å². The predicted molar refractivity (Wildman–Crippen MR) is 597 cm³/mol. The highest BCUT2D eigenvalue weighted by molar-refractivity contribution is 7.27. The van der Waals surface area contributed by atoms with Crippen molar-refractivity contribution in [3.8, 4) is 28.3 Å². The first-order valence-corrected chi connectivity index (χ1v) is 49.5. The SMILES string of the molecule is C=Cc1ccc(COCc2ccc(N(c3ccc(/C=C/C)cc3)c3cccc4c3sc3cccc(Nc5ccc(-c6ccccc6)c6sc7ccccc7c56)c34)cc2)cc1.N#Cc1ccc(Nc2ccc3ccccc3c2)c2c1sc1cc(N(c3ccccc3)c3ccccc3)ccc12.c1ccc(Nc2ccc(-c3ccc4sc5ccc(N(c6ccccc6)c6ccccc6)cc5c4c3)cc2)cc1. The molecule has 0 unspecified atom stereocenters. The van der Waals surface area contributed by atoms with Gasteiger partial charge < -0.3 is 35.4 Å². The third kappa shape index (κ3) is 18.0. The zero-order chi connectivity index (χ0) is 92.6. The van der Waals surface area contributed by atoms with Gasteiger partial charge in [-0.1, -0.05) is 292 Å². The molecule has 0 bridgehead atoms. The number of nitriles is 1. The van der Waals surface area contributed by atoms with Crippen molar-refractivity contribution in [2.45, 2.75) is 20.1 Å². The third-order valence-electron chi connectivity index (χ3n) is 25.1. The topological polar surface area (TPSA) is 78.8 Å². The van der Waals surface area contributed by atoms with Gasteiger partial charge in [0, 0.05) is 151 Å². The van der Waals surface area contributed by atoms with Crippen molar-refractivity contribution in [2.24, 2.45) is 0 Å². The second kappa shape index (κ2) is 39.4. The number of thiophene rings is 4. The van der Waals surface area contributed by atoms with Gasteiger partial charge in [0.25, 0.3) is 0 Å². The molecule has 3 N–H and O–H groups in total. The maximum atomic E-state index is 9.93. The van der Waals surface area contributed by atoms with Gasteiger partial charge in [0.2, 0.25) is 0 Å². The molecule has 4 aromatic heterocycles. The predicted octanol–water partition coefficient (Wildman–Crippen LogP) is 37.9. The molecule has 24 rings (SSSR count). The number of para-hydroxylation sites is 5.